The van der Waals surface area contributed by atoms with Gasteiger partial charge in [-0.25, -0.2) is 4.98 Å². The molecule has 1 heterocycles. The Balaban J connectivity index is 1.99. The molecule has 0 aliphatic carbocycles. The fraction of sp³-hybridized carbons (Fsp3) is 0.353. The molecule has 0 unspecified atom stereocenters. The molecule has 0 aliphatic heterocycles. The molecule has 0 amide bonds. The summed E-state index contributed by atoms with van der Waals surface area (Å²) in [5.74, 6) is 1.53. The number of ether oxygens (including phenoxy) is 1. The Morgan fingerprint density at radius 2 is 1.95 bits per heavy atom. The van der Waals surface area contributed by atoms with Gasteiger partial charge in [0, 0.05) is 18.8 Å². The summed E-state index contributed by atoms with van der Waals surface area (Å²) in [6.07, 6.45) is 3.96. The molecule has 0 saturated heterocycles. The maximum Gasteiger partial charge on any atom is 0.219 e. The van der Waals surface area contributed by atoms with Gasteiger partial charge in [0.2, 0.25) is 5.88 Å². The fourth-order valence-corrected chi connectivity index (χ4v) is 1.99. The summed E-state index contributed by atoms with van der Waals surface area (Å²) >= 11 is 0. The van der Waals surface area contributed by atoms with Crippen molar-refractivity contribution in [1.82, 2.24) is 10.3 Å². The molecule has 0 radical (unpaired) electrons. The summed E-state index contributed by atoms with van der Waals surface area (Å²) in [5.41, 5.74) is 2.37. The molecular weight excluding hydrogens is 248 g/mol. The van der Waals surface area contributed by atoms with E-state index in [1.807, 2.05) is 30.5 Å². The lowest BCUT2D eigenvalue weighted by Crippen LogP contribution is -2.13. The van der Waals surface area contributed by atoms with Crippen molar-refractivity contribution in [2.45, 2.75) is 33.2 Å². The molecule has 106 valence electrons. The Kier molecular flexibility index (Phi) is 5.56. The van der Waals surface area contributed by atoms with Crippen molar-refractivity contribution in [2.75, 3.05) is 6.54 Å². The predicted octanol–water partition coefficient (Wildman–Crippen LogP) is 3.94. The number of para-hydroxylation sites is 1. The number of pyridine rings is 1. The number of aryl methyl sites for hydroxylation is 1. The van der Waals surface area contributed by atoms with Crippen LogP contribution in [0, 0.1) is 0 Å². The van der Waals surface area contributed by atoms with E-state index in [1.54, 1.807) is 0 Å². The molecule has 0 spiro atoms. The number of aromatic nitrogens is 1. The summed E-state index contributed by atoms with van der Waals surface area (Å²) in [4.78, 5) is 4.37. The quantitative estimate of drug-likeness (QED) is 0.774. The first kappa shape index (κ1) is 14.5. The Hall–Kier alpha value is -1.87. The van der Waals surface area contributed by atoms with Crippen LogP contribution in [-0.4, -0.2) is 11.5 Å². The van der Waals surface area contributed by atoms with E-state index < -0.39 is 0 Å². The van der Waals surface area contributed by atoms with E-state index in [-0.39, 0.29) is 0 Å². The molecule has 0 bridgehead atoms. The van der Waals surface area contributed by atoms with Crippen LogP contribution < -0.4 is 10.1 Å². The van der Waals surface area contributed by atoms with Crippen molar-refractivity contribution < 1.29 is 4.74 Å². The first-order valence-electron chi connectivity index (χ1n) is 7.25. The SMILES string of the molecule is CCCNCc1ccc(Oc2ccccc2CC)nc1. The second-order valence-corrected chi connectivity index (χ2v) is 4.74. The van der Waals surface area contributed by atoms with Gasteiger partial charge in [0.25, 0.3) is 0 Å². The van der Waals surface area contributed by atoms with Gasteiger partial charge < -0.3 is 10.1 Å². The Bertz CT molecular complexity index is 523. The molecule has 3 heteroatoms. The Morgan fingerprint density at radius 3 is 2.65 bits per heavy atom. The van der Waals surface area contributed by atoms with Crippen LogP contribution in [0.3, 0.4) is 0 Å². The normalized spacial score (nSPS) is 10.5. The van der Waals surface area contributed by atoms with Crippen molar-refractivity contribution in [1.29, 1.82) is 0 Å². The smallest absolute Gasteiger partial charge is 0.219 e. The van der Waals surface area contributed by atoms with Crippen LogP contribution in [0.1, 0.15) is 31.4 Å². The van der Waals surface area contributed by atoms with E-state index in [2.05, 4.69) is 36.3 Å². The molecule has 1 aromatic carbocycles. The highest BCUT2D eigenvalue weighted by Crippen LogP contribution is 2.24. The van der Waals surface area contributed by atoms with E-state index in [1.165, 1.54) is 11.1 Å². The van der Waals surface area contributed by atoms with Crippen molar-refractivity contribution in [3.63, 3.8) is 0 Å². The third kappa shape index (κ3) is 4.07. The van der Waals surface area contributed by atoms with Gasteiger partial charge in [0.05, 0.1) is 0 Å². The van der Waals surface area contributed by atoms with Crippen LogP contribution in [0.5, 0.6) is 11.6 Å². The zero-order valence-corrected chi connectivity index (χ0v) is 12.2. The van der Waals surface area contributed by atoms with Gasteiger partial charge in [-0.2, -0.15) is 0 Å². The predicted molar refractivity (Wildman–Crippen MR) is 82.1 cm³/mol. The van der Waals surface area contributed by atoms with Crippen LogP contribution >= 0.6 is 0 Å². The number of benzene rings is 1. The molecular formula is C17H22N2O. The molecule has 0 aliphatic rings. The zero-order chi connectivity index (χ0) is 14.2. The maximum absolute atomic E-state index is 5.85. The maximum atomic E-state index is 5.85. The second kappa shape index (κ2) is 7.65. The average Bonchev–Trinajstić information content (AvgIpc) is 2.50. The minimum atomic E-state index is 0.644. The monoisotopic (exact) mass is 270 g/mol. The topological polar surface area (TPSA) is 34.1 Å². The number of hydrogen-bond acceptors (Lipinski definition) is 3. The van der Waals surface area contributed by atoms with E-state index in [9.17, 15) is 0 Å². The van der Waals surface area contributed by atoms with Crippen LogP contribution in [0.2, 0.25) is 0 Å². The van der Waals surface area contributed by atoms with Crippen LogP contribution in [0.15, 0.2) is 42.6 Å². The molecule has 20 heavy (non-hydrogen) atoms. The van der Waals surface area contributed by atoms with Crippen molar-refractivity contribution in [2.24, 2.45) is 0 Å². The first-order chi connectivity index (χ1) is 9.83. The van der Waals surface area contributed by atoms with Gasteiger partial charge in [-0.1, -0.05) is 38.1 Å². The highest BCUT2D eigenvalue weighted by atomic mass is 16.5. The lowest BCUT2D eigenvalue weighted by molar-refractivity contribution is 0.457. The molecule has 2 rings (SSSR count). The molecule has 3 nitrogen and oxygen atoms in total. The van der Waals surface area contributed by atoms with Gasteiger partial charge in [-0.05, 0) is 36.6 Å². The largest absolute Gasteiger partial charge is 0.439 e. The van der Waals surface area contributed by atoms with Gasteiger partial charge >= 0.3 is 0 Å². The number of nitrogens with zero attached hydrogens (tertiary/aromatic N) is 1. The summed E-state index contributed by atoms with van der Waals surface area (Å²) in [5, 5.41) is 3.36. The van der Waals surface area contributed by atoms with Crippen molar-refractivity contribution in [3.8, 4) is 11.6 Å². The van der Waals surface area contributed by atoms with E-state index in [0.29, 0.717) is 5.88 Å². The van der Waals surface area contributed by atoms with E-state index in [0.717, 1.165) is 31.7 Å². The minimum Gasteiger partial charge on any atom is -0.439 e. The first-order valence-corrected chi connectivity index (χ1v) is 7.25. The number of hydrogen-bond donors (Lipinski definition) is 1. The Morgan fingerprint density at radius 1 is 1.10 bits per heavy atom. The molecule has 0 fully saturated rings. The van der Waals surface area contributed by atoms with E-state index >= 15 is 0 Å². The second-order valence-electron chi connectivity index (χ2n) is 4.74. The lowest BCUT2D eigenvalue weighted by atomic mass is 10.1. The molecule has 0 atom stereocenters. The van der Waals surface area contributed by atoms with Gasteiger partial charge in [0.1, 0.15) is 5.75 Å². The van der Waals surface area contributed by atoms with Gasteiger partial charge in [-0.3, -0.25) is 0 Å². The highest BCUT2D eigenvalue weighted by molar-refractivity contribution is 5.36. The summed E-state index contributed by atoms with van der Waals surface area (Å²) in [6, 6.07) is 12.1. The van der Waals surface area contributed by atoms with Crippen molar-refractivity contribution >= 4 is 0 Å². The average molecular weight is 270 g/mol. The standard InChI is InChI=1S/C17H22N2O/c1-3-11-18-12-14-9-10-17(19-13-14)20-16-8-6-5-7-15(16)4-2/h5-10,13,18H,3-4,11-12H2,1-2H3. The lowest BCUT2D eigenvalue weighted by Gasteiger charge is -2.09. The summed E-state index contributed by atoms with van der Waals surface area (Å²) < 4.78 is 5.85. The van der Waals surface area contributed by atoms with Crippen LogP contribution in [0.25, 0.3) is 0 Å². The molecule has 0 saturated carbocycles. The van der Waals surface area contributed by atoms with Gasteiger partial charge in [0.15, 0.2) is 0 Å². The molecule has 1 N–H and O–H groups in total. The third-order valence-electron chi connectivity index (χ3n) is 3.12. The molecule has 2 aromatic rings. The fourth-order valence-electron chi connectivity index (χ4n) is 1.99. The van der Waals surface area contributed by atoms with Crippen LogP contribution in [-0.2, 0) is 13.0 Å². The van der Waals surface area contributed by atoms with Crippen molar-refractivity contribution in [3.05, 3.63) is 53.7 Å². The zero-order valence-electron chi connectivity index (χ0n) is 12.2. The summed E-state index contributed by atoms with van der Waals surface area (Å²) in [6.45, 7) is 6.17. The minimum absolute atomic E-state index is 0.644. The third-order valence-corrected chi connectivity index (χ3v) is 3.12. The Labute approximate surface area is 121 Å². The van der Waals surface area contributed by atoms with Gasteiger partial charge in [-0.15, -0.1) is 0 Å². The number of rotatable bonds is 7. The van der Waals surface area contributed by atoms with Crippen LogP contribution in [0.4, 0.5) is 0 Å². The number of nitrogens with one attached hydrogen (secondary N) is 1. The summed E-state index contributed by atoms with van der Waals surface area (Å²) in [7, 11) is 0. The molecule has 1 aromatic heterocycles. The highest BCUT2D eigenvalue weighted by Gasteiger charge is 2.03. The van der Waals surface area contributed by atoms with E-state index in [4.69, 9.17) is 4.74 Å².